The number of thiocarbonyl (C=S) groups is 1. The van der Waals surface area contributed by atoms with Gasteiger partial charge in [-0.15, -0.1) is 0 Å². The van der Waals surface area contributed by atoms with E-state index in [4.69, 9.17) is 16.6 Å². The Morgan fingerprint density at radius 2 is 1.96 bits per heavy atom. The molecule has 2 heterocycles. The fourth-order valence-corrected chi connectivity index (χ4v) is 3.30. The number of non-ortho nitro benzene ring substituents is 1. The number of nitrogens with zero attached hydrogens (tertiary/aromatic N) is 3. The van der Waals surface area contributed by atoms with Crippen molar-refractivity contribution in [1.82, 2.24) is 10.4 Å². The van der Waals surface area contributed by atoms with E-state index in [0.717, 1.165) is 28.9 Å². The maximum atomic E-state index is 12.5. The first kappa shape index (κ1) is 19.2. The van der Waals surface area contributed by atoms with Gasteiger partial charge in [0, 0.05) is 23.8 Å². The van der Waals surface area contributed by atoms with Crippen molar-refractivity contribution in [3.63, 3.8) is 0 Å². The van der Waals surface area contributed by atoms with Crippen LogP contribution in [0.5, 0.6) is 0 Å². The SMILES string of the molecule is O=C(NN1C(=O)/C(=C\c2ccc([N+](=O)[O-])o2)SC1=S)c1cccc([N+](=O)[O-])c1. The molecule has 1 N–H and O–H groups in total. The van der Waals surface area contributed by atoms with Gasteiger partial charge in [-0.2, -0.15) is 5.01 Å². The van der Waals surface area contributed by atoms with Crippen LogP contribution < -0.4 is 5.43 Å². The van der Waals surface area contributed by atoms with Crippen molar-refractivity contribution < 1.29 is 23.9 Å². The molecule has 0 atom stereocenters. The molecule has 0 bridgehead atoms. The van der Waals surface area contributed by atoms with Gasteiger partial charge in [0.1, 0.15) is 10.7 Å². The highest BCUT2D eigenvalue weighted by Gasteiger charge is 2.34. The first-order valence-corrected chi connectivity index (χ1v) is 8.56. The lowest BCUT2D eigenvalue weighted by Gasteiger charge is -2.15. The molecule has 1 fully saturated rings. The lowest BCUT2D eigenvalue weighted by Crippen LogP contribution is -2.44. The summed E-state index contributed by atoms with van der Waals surface area (Å²) < 4.78 is 4.97. The first-order valence-electron chi connectivity index (χ1n) is 7.34. The number of amides is 2. The Balaban J connectivity index is 1.77. The predicted octanol–water partition coefficient (Wildman–Crippen LogP) is 2.64. The first-order chi connectivity index (χ1) is 13.3. The molecule has 11 nitrogen and oxygen atoms in total. The fraction of sp³-hybridized carbons (Fsp3) is 0. The van der Waals surface area contributed by atoms with E-state index >= 15 is 0 Å². The number of carbonyl (C=O) groups excluding carboxylic acids is 2. The number of nitro benzene ring substituents is 1. The summed E-state index contributed by atoms with van der Waals surface area (Å²) in [6.45, 7) is 0. The minimum Gasteiger partial charge on any atom is -0.401 e. The van der Waals surface area contributed by atoms with Gasteiger partial charge >= 0.3 is 5.88 Å². The quantitative estimate of drug-likeness (QED) is 0.333. The summed E-state index contributed by atoms with van der Waals surface area (Å²) >= 11 is 5.91. The smallest absolute Gasteiger partial charge is 0.401 e. The zero-order valence-corrected chi connectivity index (χ0v) is 15.2. The fourth-order valence-electron chi connectivity index (χ4n) is 2.14. The van der Waals surface area contributed by atoms with Crippen molar-refractivity contribution in [2.75, 3.05) is 0 Å². The van der Waals surface area contributed by atoms with Crippen LogP contribution in [0.1, 0.15) is 16.1 Å². The Kier molecular flexibility index (Phi) is 5.19. The van der Waals surface area contributed by atoms with Crippen LogP contribution >= 0.6 is 24.0 Å². The zero-order valence-electron chi connectivity index (χ0n) is 13.6. The molecule has 0 spiro atoms. The molecule has 28 heavy (non-hydrogen) atoms. The summed E-state index contributed by atoms with van der Waals surface area (Å²) in [4.78, 5) is 44.9. The third kappa shape index (κ3) is 3.89. The monoisotopic (exact) mass is 420 g/mol. The Labute approximate surface area is 165 Å². The Bertz CT molecular complexity index is 1060. The highest BCUT2D eigenvalue weighted by molar-refractivity contribution is 8.26. The lowest BCUT2D eigenvalue weighted by molar-refractivity contribution is -0.402. The molecule has 13 heteroatoms. The highest BCUT2D eigenvalue weighted by Crippen LogP contribution is 2.32. The number of thioether (sulfide) groups is 1. The number of nitro groups is 2. The molecular formula is C15H8N4O7S2. The molecule has 0 radical (unpaired) electrons. The molecule has 0 unspecified atom stereocenters. The number of nitrogens with one attached hydrogen (secondary N) is 1. The largest absolute Gasteiger partial charge is 0.433 e. The Morgan fingerprint density at radius 1 is 1.21 bits per heavy atom. The number of hydrogen-bond acceptors (Lipinski definition) is 9. The zero-order chi connectivity index (χ0) is 20.4. The van der Waals surface area contributed by atoms with Crippen LogP contribution in [0.15, 0.2) is 45.7 Å². The van der Waals surface area contributed by atoms with E-state index in [0.29, 0.717) is 0 Å². The Hall–Kier alpha value is -3.58. The number of carbonyl (C=O) groups is 2. The molecule has 1 aromatic carbocycles. The second kappa shape index (κ2) is 7.58. The summed E-state index contributed by atoms with van der Waals surface area (Å²) in [5, 5.41) is 22.3. The molecule has 1 aliphatic rings. The third-order valence-electron chi connectivity index (χ3n) is 3.39. The second-order valence-corrected chi connectivity index (χ2v) is 6.87. The summed E-state index contributed by atoms with van der Waals surface area (Å²) in [6, 6.07) is 7.41. The van der Waals surface area contributed by atoms with Crippen molar-refractivity contribution in [3.05, 3.63) is 72.9 Å². The van der Waals surface area contributed by atoms with Crippen molar-refractivity contribution in [2.45, 2.75) is 0 Å². The summed E-state index contributed by atoms with van der Waals surface area (Å²) in [5.74, 6) is -1.86. The van der Waals surface area contributed by atoms with E-state index in [-0.39, 0.29) is 26.2 Å². The normalized spacial score (nSPS) is 15.1. The molecular weight excluding hydrogens is 412 g/mol. The van der Waals surface area contributed by atoms with Crippen molar-refractivity contribution in [2.24, 2.45) is 0 Å². The maximum Gasteiger partial charge on any atom is 0.433 e. The molecule has 1 saturated heterocycles. The van der Waals surface area contributed by atoms with Gasteiger partial charge in [0.05, 0.1) is 15.9 Å². The lowest BCUT2D eigenvalue weighted by atomic mass is 10.2. The van der Waals surface area contributed by atoms with E-state index in [1.54, 1.807) is 0 Å². The number of rotatable bonds is 5. The number of furan rings is 1. The predicted molar refractivity (Wildman–Crippen MR) is 101 cm³/mol. The van der Waals surface area contributed by atoms with Crippen LogP contribution in [0.2, 0.25) is 0 Å². The highest BCUT2D eigenvalue weighted by atomic mass is 32.2. The topological polar surface area (TPSA) is 149 Å². The van der Waals surface area contributed by atoms with Gasteiger partial charge in [-0.3, -0.25) is 35.2 Å². The molecule has 3 rings (SSSR count). The number of hydrazine groups is 1. The minimum absolute atomic E-state index is 0.0103. The van der Waals surface area contributed by atoms with Crippen molar-refractivity contribution >= 4 is 57.8 Å². The van der Waals surface area contributed by atoms with Crippen LogP contribution in [0.3, 0.4) is 0 Å². The average Bonchev–Trinajstić information content (AvgIpc) is 3.22. The molecule has 2 aromatic rings. The van der Waals surface area contributed by atoms with Crippen LogP contribution in [0, 0.1) is 20.2 Å². The van der Waals surface area contributed by atoms with Gasteiger partial charge in [-0.1, -0.05) is 17.8 Å². The molecule has 142 valence electrons. The number of benzene rings is 1. The molecule has 1 aliphatic heterocycles. The maximum absolute atomic E-state index is 12.5. The van der Waals surface area contributed by atoms with Gasteiger partial charge in [-0.25, -0.2) is 0 Å². The van der Waals surface area contributed by atoms with E-state index in [1.807, 2.05) is 0 Å². The van der Waals surface area contributed by atoms with Crippen LogP contribution in [-0.2, 0) is 4.79 Å². The standard InChI is InChI=1S/C15H8N4O7S2/c20-13(8-2-1-3-9(6-8)18(22)23)16-17-14(21)11(28-15(17)27)7-10-4-5-12(26-10)19(24)25/h1-7H,(H,16,20)/b11-7+. The minimum atomic E-state index is -0.769. The van der Waals surface area contributed by atoms with Crippen LogP contribution in [0.4, 0.5) is 11.6 Å². The second-order valence-electron chi connectivity index (χ2n) is 5.20. The van der Waals surface area contributed by atoms with Gasteiger partial charge in [0.2, 0.25) is 0 Å². The Morgan fingerprint density at radius 3 is 2.61 bits per heavy atom. The van der Waals surface area contributed by atoms with E-state index in [1.165, 1.54) is 30.3 Å². The van der Waals surface area contributed by atoms with Crippen molar-refractivity contribution in [3.8, 4) is 0 Å². The van der Waals surface area contributed by atoms with Gasteiger partial charge < -0.3 is 4.42 Å². The summed E-state index contributed by atoms with van der Waals surface area (Å²) in [5.41, 5.74) is 1.97. The third-order valence-corrected chi connectivity index (χ3v) is 4.69. The van der Waals surface area contributed by atoms with Gasteiger partial charge in [-0.05, 0) is 24.4 Å². The average molecular weight is 420 g/mol. The van der Waals surface area contributed by atoms with Gasteiger partial charge in [0.25, 0.3) is 17.5 Å². The molecule has 0 aliphatic carbocycles. The molecule has 0 saturated carbocycles. The van der Waals surface area contributed by atoms with E-state index in [9.17, 15) is 29.8 Å². The van der Waals surface area contributed by atoms with E-state index in [2.05, 4.69) is 5.43 Å². The van der Waals surface area contributed by atoms with Crippen LogP contribution in [0.25, 0.3) is 6.08 Å². The molecule has 2 amide bonds. The summed E-state index contributed by atoms with van der Waals surface area (Å²) in [7, 11) is 0. The molecule has 1 aromatic heterocycles. The van der Waals surface area contributed by atoms with Crippen molar-refractivity contribution in [1.29, 1.82) is 0 Å². The number of hydrogen-bond donors (Lipinski definition) is 1. The van der Waals surface area contributed by atoms with Gasteiger partial charge in [0.15, 0.2) is 4.32 Å². The summed E-state index contributed by atoms with van der Waals surface area (Å²) in [6.07, 6.45) is 1.26. The van der Waals surface area contributed by atoms with Crippen LogP contribution in [-0.4, -0.2) is 31.0 Å². The van der Waals surface area contributed by atoms with E-state index < -0.39 is 27.5 Å².